The minimum atomic E-state index is 0.495. The number of rotatable bonds is 7. The average Bonchev–Trinajstić information content (AvgIpc) is 3.29. The van der Waals surface area contributed by atoms with E-state index >= 15 is 0 Å². The highest BCUT2D eigenvalue weighted by Crippen LogP contribution is 2.34. The molecule has 4 aromatic rings. The normalized spacial score (nSPS) is 17.6. The lowest BCUT2D eigenvalue weighted by molar-refractivity contribution is 0.174. The Balaban J connectivity index is 1.17. The summed E-state index contributed by atoms with van der Waals surface area (Å²) in [5.74, 6) is 2.07. The fourth-order valence-corrected chi connectivity index (χ4v) is 6.04. The van der Waals surface area contributed by atoms with E-state index in [-0.39, 0.29) is 0 Å². The van der Waals surface area contributed by atoms with E-state index in [9.17, 15) is 0 Å². The minimum absolute atomic E-state index is 0.495. The molecule has 1 N–H and O–H groups in total. The van der Waals surface area contributed by atoms with Gasteiger partial charge in [-0.15, -0.1) is 5.10 Å². The maximum Gasteiger partial charge on any atom is 0.245 e. The number of nitrogens with one attached hydrogen (secondary N) is 1. The predicted octanol–water partition coefficient (Wildman–Crippen LogP) is 4.76. The van der Waals surface area contributed by atoms with E-state index in [4.69, 9.17) is 14.6 Å². The predicted molar refractivity (Wildman–Crippen MR) is 160 cm³/mol. The number of para-hydroxylation sites is 1. The Kier molecular flexibility index (Phi) is 7.75. The Morgan fingerprint density at radius 2 is 1.68 bits per heavy atom. The molecular weight excluding hydrogens is 502 g/mol. The zero-order chi connectivity index (χ0) is 27.5. The zero-order valence-corrected chi connectivity index (χ0v) is 23.7. The van der Waals surface area contributed by atoms with Gasteiger partial charge in [0.15, 0.2) is 0 Å². The van der Waals surface area contributed by atoms with Gasteiger partial charge in [0.05, 0.1) is 37.3 Å². The van der Waals surface area contributed by atoms with Crippen molar-refractivity contribution >= 4 is 22.8 Å². The first-order valence-corrected chi connectivity index (χ1v) is 14.2. The lowest BCUT2D eigenvalue weighted by atomic mass is 10.0. The molecule has 4 heterocycles. The number of methoxy groups -OCH3 is 2. The molecule has 9 heteroatoms. The van der Waals surface area contributed by atoms with Crippen molar-refractivity contribution < 1.29 is 9.47 Å². The van der Waals surface area contributed by atoms with Gasteiger partial charge < -0.3 is 24.6 Å². The van der Waals surface area contributed by atoms with Crippen LogP contribution in [0.15, 0.2) is 60.8 Å². The van der Waals surface area contributed by atoms with Gasteiger partial charge >= 0.3 is 0 Å². The molecule has 2 aliphatic rings. The van der Waals surface area contributed by atoms with Crippen molar-refractivity contribution in [2.45, 2.75) is 25.3 Å². The molecule has 2 aromatic carbocycles. The third-order valence-corrected chi connectivity index (χ3v) is 8.31. The van der Waals surface area contributed by atoms with Gasteiger partial charge in [-0.25, -0.2) is 9.50 Å². The maximum absolute atomic E-state index is 5.80. The molecule has 0 aliphatic carbocycles. The largest absolute Gasteiger partial charge is 0.496 e. The number of nitrogens with zero attached hydrogens (tertiary/aromatic N) is 6. The van der Waals surface area contributed by atoms with Crippen LogP contribution in [0.1, 0.15) is 19.3 Å². The van der Waals surface area contributed by atoms with Gasteiger partial charge in [0.25, 0.3) is 0 Å². The highest BCUT2D eigenvalue weighted by Gasteiger charge is 2.26. The lowest BCUT2D eigenvalue weighted by Crippen LogP contribution is -2.46. The van der Waals surface area contributed by atoms with Crippen LogP contribution >= 0.6 is 0 Å². The third-order valence-electron chi connectivity index (χ3n) is 8.31. The number of benzene rings is 2. The first-order chi connectivity index (χ1) is 19.6. The van der Waals surface area contributed by atoms with Crippen molar-refractivity contribution in [1.29, 1.82) is 0 Å². The molecule has 0 amide bonds. The molecule has 0 unspecified atom stereocenters. The minimum Gasteiger partial charge on any atom is -0.496 e. The molecule has 0 radical (unpaired) electrons. The van der Waals surface area contributed by atoms with Gasteiger partial charge in [0.2, 0.25) is 5.95 Å². The summed E-state index contributed by atoms with van der Waals surface area (Å²) in [5.41, 5.74) is 4.85. The fraction of sp³-hybridized carbons (Fsp3) is 0.419. The van der Waals surface area contributed by atoms with Crippen LogP contribution in [-0.4, -0.2) is 91.0 Å². The summed E-state index contributed by atoms with van der Waals surface area (Å²) in [6.07, 6.45) is 5.49. The summed E-state index contributed by atoms with van der Waals surface area (Å²) in [4.78, 5) is 12.2. The van der Waals surface area contributed by atoms with E-state index in [1.54, 1.807) is 14.2 Å². The van der Waals surface area contributed by atoms with Crippen LogP contribution in [0.2, 0.25) is 0 Å². The van der Waals surface area contributed by atoms with Gasteiger partial charge in [-0.2, -0.15) is 0 Å². The highest BCUT2D eigenvalue weighted by atomic mass is 16.5. The summed E-state index contributed by atoms with van der Waals surface area (Å²) in [6, 6.07) is 19.0. The lowest BCUT2D eigenvalue weighted by Gasteiger charge is -2.39. The van der Waals surface area contributed by atoms with Crippen molar-refractivity contribution in [2.24, 2.45) is 0 Å². The maximum atomic E-state index is 5.80. The molecule has 210 valence electrons. The fourth-order valence-electron chi connectivity index (χ4n) is 6.04. The number of aromatic nitrogens is 3. The topological polar surface area (TPSA) is 70.4 Å². The molecule has 2 aromatic heterocycles. The van der Waals surface area contributed by atoms with E-state index in [1.807, 2.05) is 47.1 Å². The Morgan fingerprint density at radius 1 is 0.850 bits per heavy atom. The van der Waals surface area contributed by atoms with Crippen LogP contribution in [0.4, 0.5) is 17.3 Å². The molecule has 6 rings (SSSR count). The van der Waals surface area contributed by atoms with E-state index < -0.39 is 0 Å². The van der Waals surface area contributed by atoms with Crippen molar-refractivity contribution in [3.63, 3.8) is 0 Å². The first kappa shape index (κ1) is 26.4. The molecule has 0 bridgehead atoms. The zero-order valence-electron chi connectivity index (χ0n) is 23.7. The molecule has 40 heavy (non-hydrogen) atoms. The Morgan fingerprint density at radius 3 is 2.50 bits per heavy atom. The Labute approximate surface area is 236 Å². The average molecular weight is 542 g/mol. The Bertz CT molecular complexity index is 1450. The van der Waals surface area contributed by atoms with Crippen LogP contribution in [0, 0.1) is 0 Å². The molecule has 9 nitrogen and oxygen atoms in total. The summed E-state index contributed by atoms with van der Waals surface area (Å²) >= 11 is 0. The second-order valence-electron chi connectivity index (χ2n) is 10.8. The standard InChI is InChI=1S/C31H39N7O2/c1-35-15-6-16-36(20-19-35)23-13-17-37(18-14-23)24-9-11-27(30(21-24)40-3)33-31-32-22-25-10-12-28(38(25)34-31)26-7-4-5-8-29(26)39-2/h4-5,7-12,21-23H,6,13-20H2,1-3H3,(H,33,34). The van der Waals surface area contributed by atoms with Crippen molar-refractivity contribution in [3.8, 4) is 22.8 Å². The van der Waals surface area contributed by atoms with E-state index in [0.717, 1.165) is 47.1 Å². The van der Waals surface area contributed by atoms with E-state index in [2.05, 4.69) is 50.2 Å². The first-order valence-electron chi connectivity index (χ1n) is 14.2. The molecule has 0 saturated carbocycles. The number of hydrogen-bond donors (Lipinski definition) is 1. The van der Waals surface area contributed by atoms with Gasteiger partial charge in [0.1, 0.15) is 11.5 Å². The monoisotopic (exact) mass is 541 g/mol. The molecule has 0 atom stereocenters. The van der Waals surface area contributed by atoms with Crippen LogP contribution in [-0.2, 0) is 0 Å². The summed E-state index contributed by atoms with van der Waals surface area (Å²) < 4.78 is 13.3. The van der Waals surface area contributed by atoms with E-state index in [0.29, 0.717) is 12.0 Å². The van der Waals surface area contributed by atoms with Gasteiger partial charge in [-0.1, -0.05) is 12.1 Å². The number of likely N-dealkylation sites (N-methyl/N-ethyl adjacent to an activating group) is 1. The molecule has 0 spiro atoms. The second-order valence-corrected chi connectivity index (χ2v) is 10.8. The van der Waals surface area contributed by atoms with Crippen molar-refractivity contribution in [1.82, 2.24) is 24.4 Å². The summed E-state index contributed by atoms with van der Waals surface area (Å²) in [6.45, 7) is 6.92. The van der Waals surface area contributed by atoms with Crippen molar-refractivity contribution in [2.75, 3.05) is 70.8 Å². The summed E-state index contributed by atoms with van der Waals surface area (Å²) in [7, 11) is 5.63. The van der Waals surface area contributed by atoms with Crippen LogP contribution in [0.3, 0.4) is 0 Å². The number of ether oxygens (including phenoxy) is 2. The number of fused-ring (bicyclic) bond motifs is 1. The van der Waals surface area contributed by atoms with Crippen LogP contribution in [0.25, 0.3) is 16.8 Å². The third kappa shape index (κ3) is 5.44. The quantitative estimate of drug-likeness (QED) is 0.359. The number of anilines is 3. The van der Waals surface area contributed by atoms with E-state index in [1.165, 1.54) is 51.1 Å². The van der Waals surface area contributed by atoms with Gasteiger partial charge in [0, 0.05) is 49.5 Å². The van der Waals surface area contributed by atoms with Crippen LogP contribution in [0.5, 0.6) is 11.5 Å². The molecule has 2 saturated heterocycles. The Hall–Kier alpha value is -3.82. The highest BCUT2D eigenvalue weighted by molar-refractivity contribution is 5.72. The van der Waals surface area contributed by atoms with Gasteiger partial charge in [-0.05, 0) is 75.8 Å². The molecule has 2 aliphatic heterocycles. The summed E-state index contributed by atoms with van der Waals surface area (Å²) in [5, 5.41) is 8.17. The van der Waals surface area contributed by atoms with Gasteiger partial charge in [-0.3, -0.25) is 4.90 Å². The second kappa shape index (κ2) is 11.7. The number of hydrogen-bond acceptors (Lipinski definition) is 8. The van der Waals surface area contributed by atoms with Crippen LogP contribution < -0.4 is 19.7 Å². The molecule has 2 fully saturated rings. The number of piperidine rings is 1. The smallest absolute Gasteiger partial charge is 0.245 e. The van der Waals surface area contributed by atoms with Crippen molar-refractivity contribution in [3.05, 3.63) is 60.8 Å². The SMILES string of the molecule is COc1cc(N2CCC(N3CCCN(C)CC3)CC2)ccc1Nc1ncc2ccc(-c3ccccc3OC)n2n1. The molecular formula is C31H39N7O2.